The molecule has 1 aliphatic heterocycles. The van der Waals surface area contributed by atoms with Crippen molar-refractivity contribution in [3.05, 3.63) is 35.9 Å². The molecule has 1 fully saturated rings. The summed E-state index contributed by atoms with van der Waals surface area (Å²) >= 11 is 0. The third-order valence-electron chi connectivity index (χ3n) is 4.25. The topological polar surface area (TPSA) is 52.9 Å². The van der Waals surface area contributed by atoms with Gasteiger partial charge in [0, 0.05) is 11.3 Å². The summed E-state index contributed by atoms with van der Waals surface area (Å²) in [6.07, 6.45) is -3.12. The lowest BCUT2D eigenvalue weighted by Gasteiger charge is -2.38. The van der Waals surface area contributed by atoms with Gasteiger partial charge in [0.1, 0.15) is 0 Å². The van der Waals surface area contributed by atoms with Gasteiger partial charge in [-0.1, -0.05) is 24.6 Å². The van der Waals surface area contributed by atoms with Crippen molar-refractivity contribution in [2.24, 2.45) is 11.0 Å². The number of alkyl halides is 3. The SMILES string of the molecule is O=C(c1ccccc1)N1N=C2CCCC[C@@H]2[C@]1(O)C(F)(F)F. The zero-order valence-corrected chi connectivity index (χ0v) is 11.7. The predicted octanol–water partition coefficient (Wildman–Crippen LogP) is 2.94. The molecule has 0 bridgehead atoms. The Bertz CT molecular complexity index is 615. The number of hydrogen-bond acceptors (Lipinski definition) is 3. The monoisotopic (exact) mass is 312 g/mol. The molecule has 4 nitrogen and oxygen atoms in total. The van der Waals surface area contributed by atoms with Crippen LogP contribution in [0.2, 0.25) is 0 Å². The standard InChI is InChI=1S/C15H15F3N2O2/c16-15(17,18)14(22)11-8-4-5-9-12(11)19-20(14)13(21)10-6-2-1-3-7-10/h1-3,6-7,11,22H,4-5,8-9H2/t11-,14-/m0/s1. The van der Waals surface area contributed by atoms with Crippen molar-refractivity contribution in [3.63, 3.8) is 0 Å². The molecule has 1 N–H and O–H groups in total. The average molecular weight is 312 g/mol. The summed E-state index contributed by atoms with van der Waals surface area (Å²) in [7, 11) is 0. The van der Waals surface area contributed by atoms with Crippen molar-refractivity contribution in [2.45, 2.75) is 37.6 Å². The second kappa shape index (κ2) is 5.08. The molecule has 0 saturated heterocycles. The molecular formula is C15H15F3N2O2. The van der Waals surface area contributed by atoms with E-state index < -0.39 is 23.7 Å². The molecule has 1 aliphatic carbocycles. The van der Waals surface area contributed by atoms with Crippen molar-refractivity contribution < 1.29 is 23.1 Å². The second-order valence-corrected chi connectivity index (χ2v) is 5.60. The molecule has 0 spiro atoms. The number of nitrogens with zero attached hydrogens (tertiary/aromatic N) is 2. The van der Waals surface area contributed by atoms with Gasteiger partial charge >= 0.3 is 6.18 Å². The Balaban J connectivity index is 2.04. The maximum Gasteiger partial charge on any atom is 0.439 e. The highest BCUT2D eigenvalue weighted by Crippen LogP contribution is 2.48. The number of benzene rings is 1. The van der Waals surface area contributed by atoms with Crippen LogP contribution in [-0.4, -0.2) is 33.6 Å². The van der Waals surface area contributed by atoms with Gasteiger partial charge in [-0.05, 0) is 31.4 Å². The van der Waals surface area contributed by atoms with E-state index in [4.69, 9.17) is 0 Å². The number of fused-ring (bicyclic) bond motifs is 1. The number of amides is 1. The minimum atomic E-state index is -4.97. The van der Waals surface area contributed by atoms with Gasteiger partial charge in [0.25, 0.3) is 11.6 Å². The first-order chi connectivity index (χ1) is 10.4. The van der Waals surface area contributed by atoms with Crippen LogP contribution in [0.15, 0.2) is 35.4 Å². The number of halogens is 3. The normalized spacial score (nSPS) is 28.3. The van der Waals surface area contributed by atoms with Crippen LogP contribution in [0.3, 0.4) is 0 Å². The smallest absolute Gasteiger partial charge is 0.362 e. The van der Waals surface area contributed by atoms with Gasteiger partial charge in [-0.2, -0.15) is 23.3 Å². The van der Waals surface area contributed by atoms with E-state index in [9.17, 15) is 23.1 Å². The van der Waals surface area contributed by atoms with E-state index in [-0.39, 0.29) is 22.7 Å². The highest BCUT2D eigenvalue weighted by Gasteiger charge is 2.68. The molecule has 1 aromatic carbocycles. The zero-order valence-electron chi connectivity index (χ0n) is 11.7. The van der Waals surface area contributed by atoms with E-state index in [1.807, 2.05) is 0 Å². The Kier molecular flexibility index (Phi) is 3.47. The highest BCUT2D eigenvalue weighted by atomic mass is 19.4. The van der Waals surface area contributed by atoms with Crippen LogP contribution in [0.5, 0.6) is 0 Å². The summed E-state index contributed by atoms with van der Waals surface area (Å²) in [5.41, 5.74) is -2.93. The average Bonchev–Trinajstić information content (AvgIpc) is 2.82. The van der Waals surface area contributed by atoms with E-state index in [1.165, 1.54) is 12.1 Å². The summed E-state index contributed by atoms with van der Waals surface area (Å²) in [5.74, 6) is -2.11. The molecule has 0 radical (unpaired) electrons. The second-order valence-electron chi connectivity index (χ2n) is 5.60. The first-order valence-electron chi connectivity index (χ1n) is 7.12. The van der Waals surface area contributed by atoms with Gasteiger partial charge in [-0.15, -0.1) is 0 Å². The maximum absolute atomic E-state index is 13.5. The van der Waals surface area contributed by atoms with Gasteiger partial charge in [0.05, 0.1) is 5.92 Å². The molecule has 0 unspecified atom stereocenters. The first kappa shape index (κ1) is 15.0. The fourth-order valence-corrected chi connectivity index (χ4v) is 3.12. The molecule has 3 rings (SSSR count). The summed E-state index contributed by atoms with van der Waals surface area (Å²) in [6.45, 7) is 0. The first-order valence-corrected chi connectivity index (χ1v) is 7.12. The van der Waals surface area contributed by atoms with Crippen molar-refractivity contribution in [2.75, 3.05) is 0 Å². The molecule has 1 aromatic rings. The Morgan fingerprint density at radius 3 is 2.59 bits per heavy atom. The van der Waals surface area contributed by atoms with Crippen LogP contribution >= 0.6 is 0 Å². The lowest BCUT2D eigenvalue weighted by Crippen LogP contribution is -2.61. The third kappa shape index (κ3) is 2.11. The summed E-state index contributed by atoms with van der Waals surface area (Å²) in [4.78, 5) is 12.4. The number of hydrazone groups is 1. The number of aliphatic hydroxyl groups is 1. The van der Waals surface area contributed by atoms with Crippen LogP contribution in [0.4, 0.5) is 13.2 Å². The van der Waals surface area contributed by atoms with E-state index >= 15 is 0 Å². The molecule has 1 amide bonds. The molecule has 1 saturated carbocycles. The third-order valence-corrected chi connectivity index (χ3v) is 4.25. The number of carbonyl (C=O) groups is 1. The van der Waals surface area contributed by atoms with Gasteiger partial charge < -0.3 is 5.11 Å². The Labute approximate surface area is 125 Å². The molecule has 1 heterocycles. The van der Waals surface area contributed by atoms with Crippen LogP contribution in [0.25, 0.3) is 0 Å². The van der Waals surface area contributed by atoms with Crippen molar-refractivity contribution >= 4 is 11.6 Å². The van der Waals surface area contributed by atoms with E-state index in [1.54, 1.807) is 18.2 Å². The van der Waals surface area contributed by atoms with Crippen LogP contribution in [-0.2, 0) is 0 Å². The Morgan fingerprint density at radius 1 is 1.27 bits per heavy atom. The molecular weight excluding hydrogens is 297 g/mol. The van der Waals surface area contributed by atoms with Crippen molar-refractivity contribution in [1.29, 1.82) is 0 Å². The summed E-state index contributed by atoms with van der Waals surface area (Å²) in [6, 6.07) is 7.57. The fourth-order valence-electron chi connectivity index (χ4n) is 3.12. The molecule has 0 aromatic heterocycles. The van der Waals surface area contributed by atoms with Gasteiger partial charge in [-0.25, -0.2) is 0 Å². The zero-order chi connectivity index (χ0) is 16.0. The summed E-state index contributed by atoms with van der Waals surface area (Å²) in [5, 5.41) is 14.4. The largest absolute Gasteiger partial charge is 0.439 e. The molecule has 2 aliphatic rings. The lowest BCUT2D eigenvalue weighted by atomic mass is 9.80. The quantitative estimate of drug-likeness (QED) is 0.867. The van der Waals surface area contributed by atoms with Gasteiger partial charge in [-0.3, -0.25) is 4.79 Å². The van der Waals surface area contributed by atoms with Gasteiger partial charge in [0.15, 0.2) is 0 Å². The van der Waals surface area contributed by atoms with Crippen LogP contribution < -0.4 is 0 Å². The summed E-state index contributed by atoms with van der Waals surface area (Å²) < 4.78 is 40.6. The fraction of sp³-hybridized carbons (Fsp3) is 0.467. The highest BCUT2D eigenvalue weighted by molar-refractivity contribution is 5.99. The minimum absolute atomic E-state index is 0.0631. The van der Waals surface area contributed by atoms with Crippen molar-refractivity contribution in [3.8, 4) is 0 Å². The minimum Gasteiger partial charge on any atom is -0.362 e. The number of hydrogen-bond donors (Lipinski definition) is 1. The van der Waals surface area contributed by atoms with E-state index in [0.717, 1.165) is 6.42 Å². The Morgan fingerprint density at radius 2 is 1.95 bits per heavy atom. The van der Waals surface area contributed by atoms with E-state index in [0.29, 0.717) is 12.8 Å². The molecule has 7 heteroatoms. The molecule has 118 valence electrons. The van der Waals surface area contributed by atoms with Crippen LogP contribution in [0.1, 0.15) is 36.0 Å². The maximum atomic E-state index is 13.5. The predicted molar refractivity (Wildman–Crippen MR) is 73.0 cm³/mol. The van der Waals surface area contributed by atoms with Crippen molar-refractivity contribution in [1.82, 2.24) is 5.01 Å². The number of carbonyl (C=O) groups excluding carboxylic acids is 1. The van der Waals surface area contributed by atoms with Crippen LogP contribution in [0, 0.1) is 5.92 Å². The Hall–Kier alpha value is -1.89. The molecule has 2 atom stereocenters. The van der Waals surface area contributed by atoms with E-state index in [2.05, 4.69) is 5.10 Å². The van der Waals surface area contributed by atoms with Gasteiger partial charge in [0.2, 0.25) is 0 Å². The molecule has 22 heavy (non-hydrogen) atoms. The lowest BCUT2D eigenvalue weighted by molar-refractivity contribution is -0.312. The number of rotatable bonds is 1.